The van der Waals surface area contributed by atoms with Crippen LogP contribution in [0.2, 0.25) is 0 Å². The molecule has 16 heavy (non-hydrogen) atoms. The van der Waals surface area contributed by atoms with Crippen LogP contribution in [-0.2, 0) is 19.1 Å². The number of esters is 1. The van der Waals surface area contributed by atoms with E-state index in [0.29, 0.717) is 6.42 Å². The third-order valence-corrected chi connectivity index (χ3v) is 3.02. The van der Waals surface area contributed by atoms with Gasteiger partial charge >= 0.3 is 5.97 Å². The Morgan fingerprint density at radius 2 is 2.06 bits per heavy atom. The lowest BCUT2D eigenvalue weighted by molar-refractivity contribution is -0.158. The van der Waals surface area contributed by atoms with Crippen LogP contribution in [0.3, 0.4) is 0 Å². The molecule has 1 aliphatic carbocycles. The summed E-state index contributed by atoms with van der Waals surface area (Å²) in [6.45, 7) is 5.58. The molecule has 4 heteroatoms. The Hall–Kier alpha value is -1.19. The van der Waals surface area contributed by atoms with Crippen molar-refractivity contribution in [2.24, 2.45) is 5.92 Å². The van der Waals surface area contributed by atoms with E-state index < -0.39 is 17.3 Å². The largest absolute Gasteiger partial charge is 0.460 e. The number of ether oxygens (including phenoxy) is 1. The summed E-state index contributed by atoms with van der Waals surface area (Å²) in [5.41, 5.74) is -0.497. The number of carbonyl (C=O) groups is 3. The van der Waals surface area contributed by atoms with Crippen molar-refractivity contribution in [3.8, 4) is 0 Å². The fraction of sp³-hybridized carbons (Fsp3) is 0.750. The Morgan fingerprint density at radius 1 is 1.44 bits per heavy atom. The van der Waals surface area contributed by atoms with Crippen molar-refractivity contribution >= 4 is 17.5 Å². The molecule has 0 heterocycles. The second-order valence-corrected chi connectivity index (χ2v) is 4.81. The summed E-state index contributed by atoms with van der Waals surface area (Å²) in [6, 6.07) is 0. The molecule has 1 saturated carbocycles. The van der Waals surface area contributed by atoms with Gasteiger partial charge in [0.1, 0.15) is 5.60 Å². The van der Waals surface area contributed by atoms with Crippen LogP contribution >= 0.6 is 0 Å². The van der Waals surface area contributed by atoms with Gasteiger partial charge in [0, 0.05) is 12.3 Å². The third kappa shape index (κ3) is 3.15. The van der Waals surface area contributed by atoms with E-state index in [1.165, 1.54) is 0 Å². The predicted octanol–water partition coefficient (Wildman–Crippen LogP) is 1.66. The first-order chi connectivity index (χ1) is 7.35. The summed E-state index contributed by atoms with van der Waals surface area (Å²) in [5.74, 6) is -1.61. The van der Waals surface area contributed by atoms with Gasteiger partial charge in [-0.2, -0.15) is 0 Å². The Kier molecular flexibility index (Phi) is 3.83. The number of hydrogen-bond donors (Lipinski definition) is 0. The first-order valence-corrected chi connectivity index (χ1v) is 5.64. The van der Waals surface area contributed by atoms with Crippen molar-refractivity contribution < 1.29 is 19.1 Å². The number of hydrogen-bond acceptors (Lipinski definition) is 4. The lowest BCUT2D eigenvalue weighted by Crippen LogP contribution is -2.29. The lowest BCUT2D eigenvalue weighted by atomic mass is 10.0. The number of Topliss-reactive ketones (excluding diaryl/α,β-unsaturated/α-hetero) is 2. The molecular weight excluding hydrogens is 208 g/mol. The smallest absolute Gasteiger partial charge is 0.307 e. The molecule has 1 atom stereocenters. The maximum absolute atomic E-state index is 11.5. The van der Waals surface area contributed by atoms with E-state index in [9.17, 15) is 14.4 Å². The zero-order chi connectivity index (χ0) is 12.3. The highest BCUT2D eigenvalue weighted by Gasteiger charge is 2.35. The molecule has 0 aliphatic heterocycles. The average Bonchev–Trinajstić information content (AvgIpc) is 2.49. The van der Waals surface area contributed by atoms with Gasteiger partial charge in [-0.25, -0.2) is 0 Å². The van der Waals surface area contributed by atoms with Gasteiger partial charge in [0.25, 0.3) is 0 Å². The van der Waals surface area contributed by atoms with Crippen LogP contribution in [0.4, 0.5) is 0 Å². The van der Waals surface area contributed by atoms with Gasteiger partial charge < -0.3 is 4.74 Å². The molecule has 0 aromatic rings. The van der Waals surface area contributed by atoms with E-state index >= 15 is 0 Å². The summed E-state index contributed by atoms with van der Waals surface area (Å²) in [7, 11) is 0. The van der Waals surface area contributed by atoms with Gasteiger partial charge in [0.05, 0.1) is 6.42 Å². The molecule has 1 unspecified atom stereocenters. The summed E-state index contributed by atoms with van der Waals surface area (Å²) >= 11 is 0. The van der Waals surface area contributed by atoms with Crippen LogP contribution in [-0.4, -0.2) is 23.1 Å². The number of carbonyl (C=O) groups excluding carboxylic acids is 3. The molecule has 0 bridgehead atoms. The number of rotatable bonds is 4. The first-order valence-electron chi connectivity index (χ1n) is 5.64. The van der Waals surface area contributed by atoms with Crippen LogP contribution in [0, 0.1) is 5.92 Å². The molecule has 0 aromatic carbocycles. The third-order valence-electron chi connectivity index (χ3n) is 3.02. The normalized spacial score (nSPS) is 21.3. The van der Waals surface area contributed by atoms with Gasteiger partial charge in [-0.1, -0.05) is 6.92 Å². The zero-order valence-electron chi connectivity index (χ0n) is 10.0. The maximum atomic E-state index is 11.5. The SMILES string of the molecule is CCC(C)(C)OC(=O)CC1CCC(=O)C1=O. The molecule has 0 radical (unpaired) electrons. The van der Waals surface area contributed by atoms with Crippen molar-refractivity contribution in [2.45, 2.75) is 52.1 Å². The van der Waals surface area contributed by atoms with Gasteiger partial charge in [-0.3, -0.25) is 14.4 Å². The standard InChI is InChI=1S/C12H18O4/c1-4-12(2,3)16-10(14)7-8-5-6-9(13)11(8)15/h8H,4-7H2,1-3H3. The van der Waals surface area contributed by atoms with E-state index in [4.69, 9.17) is 4.74 Å². The van der Waals surface area contributed by atoms with Crippen molar-refractivity contribution in [1.29, 1.82) is 0 Å². The summed E-state index contributed by atoms with van der Waals surface area (Å²) < 4.78 is 5.23. The van der Waals surface area contributed by atoms with Crippen LogP contribution in [0.25, 0.3) is 0 Å². The predicted molar refractivity (Wildman–Crippen MR) is 57.8 cm³/mol. The van der Waals surface area contributed by atoms with Gasteiger partial charge in [0.15, 0.2) is 5.78 Å². The van der Waals surface area contributed by atoms with Crippen LogP contribution in [0.15, 0.2) is 0 Å². The topological polar surface area (TPSA) is 60.4 Å². The molecule has 1 rings (SSSR count). The Morgan fingerprint density at radius 3 is 2.50 bits per heavy atom. The minimum absolute atomic E-state index is 0.0357. The molecule has 1 fully saturated rings. The van der Waals surface area contributed by atoms with Gasteiger partial charge in [-0.15, -0.1) is 0 Å². The Balaban J connectivity index is 2.47. The zero-order valence-corrected chi connectivity index (χ0v) is 10.0. The highest BCUT2D eigenvalue weighted by molar-refractivity contribution is 6.40. The van der Waals surface area contributed by atoms with Crippen molar-refractivity contribution in [3.63, 3.8) is 0 Å². The number of ketones is 2. The monoisotopic (exact) mass is 226 g/mol. The highest BCUT2D eigenvalue weighted by atomic mass is 16.6. The van der Waals surface area contributed by atoms with E-state index in [0.717, 1.165) is 6.42 Å². The molecule has 0 spiro atoms. The average molecular weight is 226 g/mol. The quantitative estimate of drug-likeness (QED) is 0.540. The van der Waals surface area contributed by atoms with E-state index in [1.54, 1.807) is 0 Å². The molecule has 90 valence electrons. The summed E-state index contributed by atoms with van der Waals surface area (Å²) in [6.07, 6.45) is 1.51. The molecular formula is C12H18O4. The maximum Gasteiger partial charge on any atom is 0.307 e. The second kappa shape index (κ2) is 4.76. The van der Waals surface area contributed by atoms with Gasteiger partial charge in [-0.05, 0) is 26.7 Å². The molecule has 0 N–H and O–H groups in total. The van der Waals surface area contributed by atoms with Crippen molar-refractivity contribution in [3.05, 3.63) is 0 Å². The highest BCUT2D eigenvalue weighted by Crippen LogP contribution is 2.24. The molecule has 0 saturated heterocycles. The minimum Gasteiger partial charge on any atom is -0.460 e. The first kappa shape index (κ1) is 12.9. The Bertz CT molecular complexity index is 317. The van der Waals surface area contributed by atoms with E-state index in [-0.39, 0.29) is 24.6 Å². The molecule has 1 aliphatic rings. The fourth-order valence-corrected chi connectivity index (χ4v) is 1.61. The molecule has 0 aromatic heterocycles. The van der Waals surface area contributed by atoms with Gasteiger partial charge in [0.2, 0.25) is 5.78 Å². The van der Waals surface area contributed by atoms with Crippen LogP contribution in [0.5, 0.6) is 0 Å². The van der Waals surface area contributed by atoms with Crippen LogP contribution in [0.1, 0.15) is 46.5 Å². The second-order valence-electron chi connectivity index (χ2n) is 4.81. The van der Waals surface area contributed by atoms with E-state index in [2.05, 4.69) is 0 Å². The minimum atomic E-state index is -0.497. The van der Waals surface area contributed by atoms with Crippen LogP contribution < -0.4 is 0 Å². The van der Waals surface area contributed by atoms with E-state index in [1.807, 2.05) is 20.8 Å². The van der Waals surface area contributed by atoms with Crippen molar-refractivity contribution in [2.75, 3.05) is 0 Å². The lowest BCUT2D eigenvalue weighted by Gasteiger charge is -2.23. The fourth-order valence-electron chi connectivity index (χ4n) is 1.61. The van der Waals surface area contributed by atoms with Crippen molar-refractivity contribution in [1.82, 2.24) is 0 Å². The Labute approximate surface area is 95.3 Å². The summed E-state index contributed by atoms with van der Waals surface area (Å²) in [5, 5.41) is 0. The molecule has 0 amide bonds. The molecule has 4 nitrogen and oxygen atoms in total. The summed E-state index contributed by atoms with van der Waals surface area (Å²) in [4.78, 5) is 33.9.